The molecule has 0 atom stereocenters. The predicted molar refractivity (Wildman–Crippen MR) is 87.2 cm³/mol. The van der Waals surface area contributed by atoms with E-state index in [1.807, 2.05) is 12.1 Å². The Labute approximate surface area is 132 Å². The smallest absolute Gasteiger partial charge is 0.272 e. The van der Waals surface area contributed by atoms with E-state index in [4.69, 9.17) is 9.47 Å². The molecule has 116 valence electrons. The lowest BCUT2D eigenvalue weighted by Gasteiger charge is -2.17. The number of fused-ring (bicyclic) bond motifs is 2. The van der Waals surface area contributed by atoms with E-state index in [-0.39, 0.29) is 11.7 Å². The first-order valence-electron chi connectivity index (χ1n) is 7.54. The number of methoxy groups -OCH3 is 1. The van der Waals surface area contributed by atoms with Crippen LogP contribution in [-0.2, 0) is 12.8 Å². The number of nitrogens with one attached hydrogen (secondary N) is 1. The van der Waals surface area contributed by atoms with E-state index in [2.05, 4.69) is 22.3 Å². The minimum Gasteiger partial charge on any atom is -0.493 e. The Bertz CT molecular complexity index is 908. The van der Waals surface area contributed by atoms with Gasteiger partial charge >= 0.3 is 0 Å². The molecule has 0 amide bonds. The summed E-state index contributed by atoms with van der Waals surface area (Å²) >= 11 is 0. The summed E-state index contributed by atoms with van der Waals surface area (Å²) in [6, 6.07) is 11.8. The molecule has 0 unspecified atom stereocenters. The predicted octanol–water partition coefficient (Wildman–Crippen LogP) is 2.48. The minimum absolute atomic E-state index is 0.0335. The highest BCUT2D eigenvalue weighted by Crippen LogP contribution is 2.36. The molecule has 1 aromatic heterocycles. The van der Waals surface area contributed by atoms with Crippen molar-refractivity contribution in [3.63, 3.8) is 0 Å². The molecule has 0 spiro atoms. The van der Waals surface area contributed by atoms with Crippen molar-refractivity contribution < 1.29 is 9.47 Å². The summed E-state index contributed by atoms with van der Waals surface area (Å²) in [4.78, 5) is 11.9. The summed E-state index contributed by atoms with van der Waals surface area (Å²) in [5, 5.41) is 7.55. The lowest BCUT2D eigenvalue weighted by molar-refractivity contribution is 0.207. The fourth-order valence-corrected chi connectivity index (χ4v) is 3.17. The van der Waals surface area contributed by atoms with Gasteiger partial charge in [0.1, 0.15) is 6.10 Å². The molecule has 4 rings (SSSR count). The van der Waals surface area contributed by atoms with Gasteiger partial charge in [0, 0.05) is 12.8 Å². The quantitative estimate of drug-likeness (QED) is 0.807. The minimum atomic E-state index is -0.232. The Morgan fingerprint density at radius 2 is 1.83 bits per heavy atom. The summed E-state index contributed by atoms with van der Waals surface area (Å²) in [6.45, 7) is 0. The zero-order valence-corrected chi connectivity index (χ0v) is 12.7. The maximum atomic E-state index is 11.9. The number of hydrogen-bond acceptors (Lipinski definition) is 4. The van der Waals surface area contributed by atoms with Gasteiger partial charge < -0.3 is 9.47 Å². The van der Waals surface area contributed by atoms with Crippen LogP contribution in [0.2, 0.25) is 0 Å². The summed E-state index contributed by atoms with van der Waals surface area (Å²) in [5.41, 5.74) is 2.39. The first-order chi connectivity index (χ1) is 11.3. The molecule has 0 saturated heterocycles. The Morgan fingerprint density at radius 1 is 1.09 bits per heavy atom. The van der Waals surface area contributed by atoms with E-state index in [1.165, 1.54) is 11.1 Å². The number of ether oxygens (including phenoxy) is 2. The lowest BCUT2D eigenvalue weighted by atomic mass is 10.1. The van der Waals surface area contributed by atoms with Crippen molar-refractivity contribution in [3.05, 3.63) is 64.1 Å². The van der Waals surface area contributed by atoms with E-state index in [1.54, 1.807) is 25.4 Å². The molecule has 1 aliphatic carbocycles. The normalized spacial score (nSPS) is 14.0. The van der Waals surface area contributed by atoms with Crippen LogP contribution in [0.3, 0.4) is 0 Å². The summed E-state index contributed by atoms with van der Waals surface area (Å²) < 4.78 is 11.6. The van der Waals surface area contributed by atoms with Gasteiger partial charge in [-0.1, -0.05) is 24.3 Å². The molecule has 0 aliphatic heterocycles. The van der Waals surface area contributed by atoms with Crippen LogP contribution in [0, 0.1) is 0 Å². The molecule has 5 nitrogen and oxygen atoms in total. The van der Waals surface area contributed by atoms with E-state index in [9.17, 15) is 4.79 Å². The second-order valence-electron chi connectivity index (χ2n) is 5.67. The first-order valence-corrected chi connectivity index (χ1v) is 7.54. The van der Waals surface area contributed by atoms with Gasteiger partial charge in [0.2, 0.25) is 0 Å². The van der Waals surface area contributed by atoms with Crippen LogP contribution in [0.1, 0.15) is 11.1 Å². The van der Waals surface area contributed by atoms with Crippen LogP contribution in [0.15, 0.2) is 47.4 Å². The van der Waals surface area contributed by atoms with E-state index in [0.717, 1.165) is 12.8 Å². The largest absolute Gasteiger partial charge is 0.493 e. The molecule has 1 N–H and O–H groups in total. The molecule has 2 aromatic carbocycles. The third-order valence-corrected chi connectivity index (χ3v) is 4.28. The SMILES string of the molecule is COc1ccc2c(=O)[nH]ncc2c1OC1Cc2ccccc2C1. The highest BCUT2D eigenvalue weighted by Gasteiger charge is 2.24. The number of aromatic nitrogens is 2. The van der Waals surface area contributed by atoms with Crippen LogP contribution in [-0.4, -0.2) is 23.4 Å². The molecule has 1 heterocycles. The summed E-state index contributed by atoms with van der Waals surface area (Å²) in [6.07, 6.45) is 3.35. The van der Waals surface area contributed by atoms with E-state index >= 15 is 0 Å². The molecule has 23 heavy (non-hydrogen) atoms. The van der Waals surface area contributed by atoms with Crippen molar-refractivity contribution in [2.24, 2.45) is 0 Å². The Hall–Kier alpha value is -2.82. The third kappa shape index (κ3) is 2.34. The zero-order valence-electron chi connectivity index (χ0n) is 12.7. The van der Waals surface area contributed by atoms with E-state index < -0.39 is 0 Å². The second kappa shape index (κ2) is 5.43. The van der Waals surface area contributed by atoms with Crippen LogP contribution in [0.5, 0.6) is 11.5 Å². The second-order valence-corrected chi connectivity index (χ2v) is 5.67. The van der Waals surface area contributed by atoms with Crippen LogP contribution < -0.4 is 15.0 Å². The molecule has 0 radical (unpaired) electrons. The standard InChI is InChI=1S/C18H16N2O3/c1-22-16-7-6-14-15(10-19-20-18(14)21)17(16)23-13-8-11-4-2-3-5-12(11)9-13/h2-7,10,13H,8-9H2,1H3,(H,20,21). The summed E-state index contributed by atoms with van der Waals surface area (Å²) in [5.74, 6) is 1.20. The third-order valence-electron chi connectivity index (χ3n) is 4.28. The number of hydrogen-bond donors (Lipinski definition) is 1. The van der Waals surface area contributed by atoms with Gasteiger partial charge in [0.25, 0.3) is 5.56 Å². The molecular weight excluding hydrogens is 292 g/mol. The average molecular weight is 308 g/mol. The van der Waals surface area contributed by atoms with Crippen LogP contribution >= 0.6 is 0 Å². The maximum Gasteiger partial charge on any atom is 0.272 e. The molecule has 0 bridgehead atoms. The fraction of sp³-hybridized carbons (Fsp3) is 0.222. The van der Waals surface area contributed by atoms with Gasteiger partial charge in [0.05, 0.1) is 24.1 Å². The number of benzene rings is 2. The topological polar surface area (TPSA) is 64.2 Å². The van der Waals surface area contributed by atoms with Crippen molar-refractivity contribution in [1.29, 1.82) is 0 Å². The first kappa shape index (κ1) is 13.8. The Morgan fingerprint density at radius 3 is 2.52 bits per heavy atom. The van der Waals surface area contributed by atoms with Crippen molar-refractivity contribution >= 4 is 10.8 Å². The fourth-order valence-electron chi connectivity index (χ4n) is 3.17. The van der Waals surface area contributed by atoms with Crippen molar-refractivity contribution in [2.75, 3.05) is 7.11 Å². The molecule has 0 saturated carbocycles. The number of H-pyrrole nitrogens is 1. The molecule has 1 aliphatic rings. The van der Waals surface area contributed by atoms with Crippen molar-refractivity contribution in [3.8, 4) is 11.5 Å². The number of rotatable bonds is 3. The Kier molecular flexibility index (Phi) is 3.26. The average Bonchev–Trinajstić information content (AvgIpc) is 2.98. The lowest BCUT2D eigenvalue weighted by Crippen LogP contribution is -2.18. The molecule has 3 aromatic rings. The zero-order chi connectivity index (χ0) is 15.8. The van der Waals surface area contributed by atoms with Crippen LogP contribution in [0.4, 0.5) is 0 Å². The van der Waals surface area contributed by atoms with Gasteiger partial charge in [-0.05, 0) is 23.3 Å². The van der Waals surface area contributed by atoms with Gasteiger partial charge in [-0.15, -0.1) is 0 Å². The highest BCUT2D eigenvalue weighted by atomic mass is 16.5. The highest BCUT2D eigenvalue weighted by molar-refractivity contribution is 5.89. The maximum absolute atomic E-state index is 11.9. The number of nitrogens with zero attached hydrogens (tertiary/aromatic N) is 1. The van der Waals surface area contributed by atoms with Gasteiger partial charge in [-0.25, -0.2) is 5.10 Å². The molecule has 0 fully saturated rings. The van der Waals surface area contributed by atoms with Crippen molar-refractivity contribution in [1.82, 2.24) is 10.2 Å². The monoisotopic (exact) mass is 308 g/mol. The van der Waals surface area contributed by atoms with Gasteiger partial charge in [0.15, 0.2) is 11.5 Å². The van der Waals surface area contributed by atoms with Gasteiger partial charge in [-0.3, -0.25) is 4.79 Å². The van der Waals surface area contributed by atoms with E-state index in [0.29, 0.717) is 22.3 Å². The number of aromatic amines is 1. The van der Waals surface area contributed by atoms with Crippen LogP contribution in [0.25, 0.3) is 10.8 Å². The summed E-state index contributed by atoms with van der Waals surface area (Å²) in [7, 11) is 1.60. The van der Waals surface area contributed by atoms with Gasteiger partial charge in [-0.2, -0.15) is 5.10 Å². The Balaban J connectivity index is 1.74. The molecule has 5 heteroatoms. The molecular formula is C18H16N2O3. The van der Waals surface area contributed by atoms with Crippen molar-refractivity contribution in [2.45, 2.75) is 18.9 Å².